The quantitative estimate of drug-likeness (QED) is 0.392. The van der Waals surface area contributed by atoms with Gasteiger partial charge in [0.2, 0.25) is 0 Å². The summed E-state index contributed by atoms with van der Waals surface area (Å²) in [7, 11) is 0. The summed E-state index contributed by atoms with van der Waals surface area (Å²) in [6.45, 7) is 10.6. The van der Waals surface area contributed by atoms with Crippen LogP contribution in [0.25, 0.3) is 0 Å². The lowest BCUT2D eigenvalue weighted by Crippen LogP contribution is -2.39. The summed E-state index contributed by atoms with van der Waals surface area (Å²) >= 11 is 0. The lowest BCUT2D eigenvalue weighted by atomic mass is 10.1. The van der Waals surface area contributed by atoms with Gasteiger partial charge in [-0.15, -0.1) is 24.0 Å². The van der Waals surface area contributed by atoms with Crippen LogP contribution in [0.15, 0.2) is 4.99 Å². The van der Waals surface area contributed by atoms with Gasteiger partial charge in [-0.05, 0) is 31.7 Å². The van der Waals surface area contributed by atoms with Crippen molar-refractivity contribution in [2.24, 2.45) is 16.6 Å². The van der Waals surface area contributed by atoms with Crippen molar-refractivity contribution < 1.29 is 0 Å². The third-order valence-electron chi connectivity index (χ3n) is 3.16. The highest BCUT2D eigenvalue weighted by Crippen LogP contribution is 2.25. The number of rotatable bonds is 8. The molecule has 0 saturated heterocycles. The summed E-state index contributed by atoms with van der Waals surface area (Å²) < 4.78 is 0. The number of aliphatic imine (C=N–C) groups is 1. The van der Waals surface area contributed by atoms with Crippen molar-refractivity contribution >= 4 is 29.9 Å². The molecular weight excluding hydrogens is 339 g/mol. The smallest absolute Gasteiger partial charge is 0.188 e. The Morgan fingerprint density at radius 3 is 2.61 bits per heavy atom. The number of hydrogen-bond acceptors (Lipinski definition) is 2. The van der Waals surface area contributed by atoms with Gasteiger partial charge in [0.25, 0.3) is 0 Å². The zero-order valence-corrected chi connectivity index (χ0v) is 14.3. The van der Waals surface area contributed by atoms with Gasteiger partial charge in [-0.2, -0.15) is 0 Å². The summed E-state index contributed by atoms with van der Waals surface area (Å²) in [6.07, 6.45) is 3.84. The lowest BCUT2D eigenvalue weighted by molar-refractivity contribution is 0.282. The molecule has 0 aromatic heterocycles. The van der Waals surface area contributed by atoms with Crippen LogP contribution in [0.1, 0.15) is 40.0 Å². The average molecular weight is 368 g/mol. The van der Waals surface area contributed by atoms with Gasteiger partial charge in [-0.1, -0.05) is 20.8 Å². The van der Waals surface area contributed by atoms with E-state index >= 15 is 0 Å². The van der Waals surface area contributed by atoms with Gasteiger partial charge in [0.05, 0.1) is 0 Å². The van der Waals surface area contributed by atoms with E-state index in [9.17, 15) is 0 Å². The Balaban J connectivity index is 0.00000289. The second-order valence-electron chi connectivity index (χ2n) is 5.24. The molecule has 5 heteroatoms. The van der Waals surface area contributed by atoms with Gasteiger partial charge in [0.15, 0.2) is 5.96 Å². The third-order valence-corrected chi connectivity index (χ3v) is 3.16. The summed E-state index contributed by atoms with van der Waals surface area (Å²) in [6, 6.07) is 0.834. The first kappa shape index (κ1) is 18.0. The lowest BCUT2D eigenvalue weighted by Gasteiger charge is -2.19. The predicted molar refractivity (Wildman–Crippen MR) is 89.6 cm³/mol. The van der Waals surface area contributed by atoms with E-state index in [1.54, 1.807) is 0 Å². The fourth-order valence-corrected chi connectivity index (χ4v) is 1.87. The molecule has 1 rings (SSSR count). The summed E-state index contributed by atoms with van der Waals surface area (Å²) in [5.41, 5.74) is 5.80. The summed E-state index contributed by atoms with van der Waals surface area (Å²) in [5, 5.41) is 3.19. The van der Waals surface area contributed by atoms with Crippen LogP contribution >= 0.6 is 24.0 Å². The zero-order valence-electron chi connectivity index (χ0n) is 12.0. The van der Waals surface area contributed by atoms with Gasteiger partial charge in [0, 0.05) is 25.7 Å². The van der Waals surface area contributed by atoms with Crippen molar-refractivity contribution in [2.45, 2.75) is 46.1 Å². The van der Waals surface area contributed by atoms with E-state index in [0.717, 1.165) is 38.6 Å². The van der Waals surface area contributed by atoms with Crippen LogP contribution in [0.4, 0.5) is 0 Å². The highest BCUT2D eigenvalue weighted by molar-refractivity contribution is 14.0. The molecule has 0 aromatic rings. The van der Waals surface area contributed by atoms with Crippen LogP contribution in [0.3, 0.4) is 0 Å². The fourth-order valence-electron chi connectivity index (χ4n) is 1.87. The minimum absolute atomic E-state index is 0. The molecule has 1 aliphatic carbocycles. The Labute approximate surface area is 129 Å². The molecule has 0 spiro atoms. The monoisotopic (exact) mass is 368 g/mol. The van der Waals surface area contributed by atoms with Gasteiger partial charge >= 0.3 is 0 Å². The molecule has 1 saturated carbocycles. The van der Waals surface area contributed by atoms with E-state index in [4.69, 9.17) is 5.73 Å². The van der Waals surface area contributed by atoms with E-state index < -0.39 is 0 Å². The van der Waals surface area contributed by atoms with Crippen molar-refractivity contribution in [3.63, 3.8) is 0 Å². The normalized spacial score (nSPS) is 15.9. The van der Waals surface area contributed by atoms with Crippen molar-refractivity contribution in [1.29, 1.82) is 0 Å². The zero-order chi connectivity index (χ0) is 12.7. The topological polar surface area (TPSA) is 53.6 Å². The highest BCUT2D eigenvalue weighted by atomic mass is 127. The maximum Gasteiger partial charge on any atom is 0.188 e. The molecule has 3 N–H and O–H groups in total. The average Bonchev–Trinajstić information content (AvgIpc) is 3.08. The summed E-state index contributed by atoms with van der Waals surface area (Å²) in [5.74, 6) is 1.29. The maximum atomic E-state index is 5.80. The minimum Gasteiger partial charge on any atom is -0.370 e. The Hall–Kier alpha value is -0.0400. The fraction of sp³-hybridized carbons (Fsp3) is 0.923. The molecule has 18 heavy (non-hydrogen) atoms. The van der Waals surface area contributed by atoms with Crippen molar-refractivity contribution in [3.05, 3.63) is 0 Å². The second-order valence-corrected chi connectivity index (χ2v) is 5.24. The molecule has 0 aromatic carbocycles. The van der Waals surface area contributed by atoms with Crippen LogP contribution in [-0.2, 0) is 0 Å². The van der Waals surface area contributed by atoms with Gasteiger partial charge in [0.1, 0.15) is 0 Å². The number of nitrogens with one attached hydrogen (secondary N) is 1. The Morgan fingerprint density at radius 2 is 2.11 bits per heavy atom. The molecule has 1 aliphatic rings. The van der Waals surface area contributed by atoms with E-state index in [2.05, 4.69) is 36.0 Å². The SMILES string of the molecule is CCN(CCNC(N)=NCCC(C)C)C1CC1.I. The molecule has 0 aliphatic heterocycles. The van der Waals surface area contributed by atoms with Crippen LogP contribution in [0.5, 0.6) is 0 Å². The standard InChI is InChI=1S/C13H28N4.HI/c1-4-17(12-5-6-12)10-9-16-13(14)15-8-7-11(2)3;/h11-12H,4-10H2,1-3H3,(H3,14,15,16);1H. The number of halogens is 1. The number of hydrogen-bond donors (Lipinski definition) is 2. The van der Waals surface area contributed by atoms with E-state index in [1.165, 1.54) is 12.8 Å². The maximum absolute atomic E-state index is 5.80. The molecule has 0 atom stereocenters. The first-order valence-electron chi connectivity index (χ1n) is 6.91. The largest absolute Gasteiger partial charge is 0.370 e. The second kappa shape index (κ2) is 9.83. The van der Waals surface area contributed by atoms with E-state index in [-0.39, 0.29) is 24.0 Å². The molecule has 0 heterocycles. The molecule has 0 bridgehead atoms. The van der Waals surface area contributed by atoms with Crippen molar-refractivity contribution in [1.82, 2.24) is 10.2 Å². The molecular formula is C13H29IN4. The minimum atomic E-state index is 0. The number of guanidine groups is 1. The van der Waals surface area contributed by atoms with Crippen LogP contribution in [0, 0.1) is 5.92 Å². The first-order valence-corrected chi connectivity index (χ1v) is 6.91. The van der Waals surface area contributed by atoms with Crippen molar-refractivity contribution in [3.8, 4) is 0 Å². The first-order chi connectivity index (χ1) is 8.13. The van der Waals surface area contributed by atoms with Crippen molar-refractivity contribution in [2.75, 3.05) is 26.2 Å². The van der Waals surface area contributed by atoms with Crippen LogP contribution < -0.4 is 11.1 Å². The van der Waals surface area contributed by atoms with Crippen LogP contribution in [-0.4, -0.2) is 43.1 Å². The Bertz CT molecular complexity index is 239. The van der Waals surface area contributed by atoms with Gasteiger partial charge < -0.3 is 11.1 Å². The van der Waals surface area contributed by atoms with Crippen LogP contribution in [0.2, 0.25) is 0 Å². The summed E-state index contributed by atoms with van der Waals surface area (Å²) in [4.78, 5) is 6.82. The Kier molecular flexibility index (Phi) is 9.81. The molecule has 108 valence electrons. The highest BCUT2D eigenvalue weighted by Gasteiger charge is 2.26. The van der Waals surface area contributed by atoms with Gasteiger partial charge in [-0.3, -0.25) is 9.89 Å². The molecule has 1 fully saturated rings. The molecule has 0 unspecified atom stereocenters. The number of nitrogens with two attached hydrogens (primary N) is 1. The number of nitrogens with zero attached hydrogens (tertiary/aromatic N) is 2. The van der Waals surface area contributed by atoms with Gasteiger partial charge in [-0.25, -0.2) is 0 Å². The number of likely N-dealkylation sites (N-methyl/N-ethyl adjacent to an activating group) is 1. The molecule has 0 radical (unpaired) electrons. The molecule has 0 amide bonds. The molecule has 4 nitrogen and oxygen atoms in total. The Morgan fingerprint density at radius 1 is 1.44 bits per heavy atom. The third kappa shape index (κ3) is 8.13. The van der Waals surface area contributed by atoms with E-state index in [0.29, 0.717) is 11.9 Å². The van der Waals surface area contributed by atoms with E-state index in [1.807, 2.05) is 0 Å². The predicted octanol–water partition coefficient (Wildman–Crippen LogP) is 2.04.